The molecule has 1 unspecified atom stereocenters. The van der Waals surface area contributed by atoms with Crippen LogP contribution in [0.2, 0.25) is 0 Å². The Morgan fingerprint density at radius 2 is 1.91 bits per heavy atom. The average Bonchev–Trinajstić information content (AvgIpc) is 3.52. The molecule has 1 fully saturated rings. The highest BCUT2D eigenvalue weighted by Gasteiger charge is 2.31. The zero-order valence-corrected chi connectivity index (χ0v) is 20.1. The molecule has 2 aromatic rings. The molecule has 0 spiro atoms. The summed E-state index contributed by atoms with van der Waals surface area (Å²) in [7, 11) is 0. The Kier molecular flexibility index (Phi) is 9.87. The van der Waals surface area contributed by atoms with Crippen molar-refractivity contribution in [3.05, 3.63) is 47.5 Å². The SMILES string of the molecule is CCCCC(C(=O)NC1CCCC1)N(Cc1ccccc1)C(=O)CCC(=O)Nc1nccs1. The lowest BCUT2D eigenvalue weighted by Gasteiger charge is -2.32. The van der Waals surface area contributed by atoms with Crippen LogP contribution in [-0.2, 0) is 20.9 Å². The summed E-state index contributed by atoms with van der Waals surface area (Å²) in [4.78, 5) is 44.7. The van der Waals surface area contributed by atoms with Crippen LogP contribution in [0.25, 0.3) is 0 Å². The van der Waals surface area contributed by atoms with Crippen LogP contribution in [0, 0.1) is 0 Å². The maximum Gasteiger partial charge on any atom is 0.243 e. The van der Waals surface area contributed by atoms with Crippen LogP contribution in [0.15, 0.2) is 41.9 Å². The van der Waals surface area contributed by atoms with Gasteiger partial charge >= 0.3 is 0 Å². The Hall–Kier alpha value is -2.74. The van der Waals surface area contributed by atoms with Gasteiger partial charge in [0, 0.05) is 37.0 Å². The molecular weight excluding hydrogens is 436 g/mol. The van der Waals surface area contributed by atoms with E-state index in [0.717, 1.165) is 44.1 Å². The molecular formula is C25H34N4O3S. The molecule has 1 heterocycles. The van der Waals surface area contributed by atoms with E-state index < -0.39 is 6.04 Å². The molecule has 33 heavy (non-hydrogen) atoms. The minimum absolute atomic E-state index is 0.0450. The average molecular weight is 471 g/mol. The van der Waals surface area contributed by atoms with Gasteiger partial charge in [-0.1, -0.05) is 62.9 Å². The number of amides is 3. The topological polar surface area (TPSA) is 91.4 Å². The first kappa shape index (κ1) is 24.9. The van der Waals surface area contributed by atoms with Gasteiger partial charge < -0.3 is 15.5 Å². The van der Waals surface area contributed by atoms with Gasteiger partial charge in [0.15, 0.2) is 5.13 Å². The smallest absolute Gasteiger partial charge is 0.243 e. The van der Waals surface area contributed by atoms with Crippen LogP contribution in [0.3, 0.4) is 0 Å². The zero-order chi connectivity index (χ0) is 23.5. The molecule has 1 aliphatic carbocycles. The molecule has 1 aromatic heterocycles. The third kappa shape index (κ3) is 7.96. The van der Waals surface area contributed by atoms with E-state index in [1.807, 2.05) is 30.3 Å². The first-order valence-corrected chi connectivity index (χ1v) is 12.8. The Morgan fingerprint density at radius 1 is 1.15 bits per heavy atom. The standard InChI is InChI=1S/C25H34N4O3S/c1-2-3-13-21(24(32)27-20-11-7-8-12-20)29(18-19-9-5-4-6-10-19)23(31)15-14-22(30)28-25-26-16-17-33-25/h4-6,9-10,16-17,20-21H,2-3,7-8,11-15,18H2,1H3,(H,27,32)(H,26,28,30). The number of anilines is 1. The minimum atomic E-state index is -0.541. The molecule has 7 nitrogen and oxygen atoms in total. The van der Waals surface area contributed by atoms with Crippen LogP contribution >= 0.6 is 11.3 Å². The first-order chi connectivity index (χ1) is 16.1. The summed E-state index contributed by atoms with van der Waals surface area (Å²) in [5.74, 6) is -0.513. The maximum atomic E-state index is 13.4. The second-order valence-electron chi connectivity index (χ2n) is 8.54. The number of nitrogens with zero attached hydrogens (tertiary/aromatic N) is 2. The van der Waals surface area contributed by atoms with Crippen molar-refractivity contribution in [2.45, 2.75) is 83.3 Å². The lowest BCUT2D eigenvalue weighted by Crippen LogP contribution is -2.51. The second-order valence-corrected chi connectivity index (χ2v) is 9.44. The van der Waals surface area contributed by atoms with Crippen molar-refractivity contribution < 1.29 is 14.4 Å². The number of carbonyl (C=O) groups is 3. The van der Waals surface area contributed by atoms with Gasteiger partial charge in [0.25, 0.3) is 0 Å². The molecule has 0 bridgehead atoms. The molecule has 3 rings (SSSR count). The Bertz CT molecular complexity index is 882. The molecule has 0 radical (unpaired) electrons. The third-order valence-electron chi connectivity index (χ3n) is 5.97. The largest absolute Gasteiger partial charge is 0.352 e. The van der Waals surface area contributed by atoms with E-state index >= 15 is 0 Å². The summed E-state index contributed by atoms with van der Waals surface area (Å²) < 4.78 is 0. The molecule has 0 aliphatic heterocycles. The summed E-state index contributed by atoms with van der Waals surface area (Å²) in [5.41, 5.74) is 0.966. The van der Waals surface area contributed by atoms with E-state index in [9.17, 15) is 14.4 Å². The van der Waals surface area contributed by atoms with Crippen molar-refractivity contribution in [3.8, 4) is 0 Å². The van der Waals surface area contributed by atoms with E-state index in [4.69, 9.17) is 0 Å². The highest BCUT2D eigenvalue weighted by molar-refractivity contribution is 7.13. The van der Waals surface area contributed by atoms with Crippen LogP contribution in [0.1, 0.15) is 70.3 Å². The summed E-state index contributed by atoms with van der Waals surface area (Å²) in [6.45, 7) is 2.43. The highest BCUT2D eigenvalue weighted by atomic mass is 32.1. The number of hydrogen-bond donors (Lipinski definition) is 2. The molecule has 2 N–H and O–H groups in total. The van der Waals surface area contributed by atoms with Crippen molar-refractivity contribution in [1.82, 2.24) is 15.2 Å². The van der Waals surface area contributed by atoms with Crippen molar-refractivity contribution in [1.29, 1.82) is 0 Å². The lowest BCUT2D eigenvalue weighted by molar-refractivity contribution is -0.142. The van der Waals surface area contributed by atoms with Gasteiger partial charge in [-0.25, -0.2) is 4.98 Å². The molecule has 1 atom stereocenters. The zero-order valence-electron chi connectivity index (χ0n) is 19.3. The van der Waals surface area contributed by atoms with Gasteiger partial charge in [-0.3, -0.25) is 14.4 Å². The molecule has 1 aliphatic rings. The highest BCUT2D eigenvalue weighted by Crippen LogP contribution is 2.21. The van der Waals surface area contributed by atoms with Gasteiger partial charge in [-0.2, -0.15) is 0 Å². The number of carbonyl (C=O) groups excluding carboxylic acids is 3. The van der Waals surface area contributed by atoms with E-state index in [0.29, 0.717) is 18.1 Å². The van der Waals surface area contributed by atoms with E-state index in [-0.39, 0.29) is 36.6 Å². The van der Waals surface area contributed by atoms with Gasteiger partial charge in [-0.05, 0) is 24.8 Å². The number of hydrogen-bond acceptors (Lipinski definition) is 5. The number of benzene rings is 1. The van der Waals surface area contributed by atoms with Gasteiger partial charge in [0.1, 0.15) is 6.04 Å². The lowest BCUT2D eigenvalue weighted by atomic mass is 10.0. The van der Waals surface area contributed by atoms with Crippen molar-refractivity contribution >= 4 is 34.2 Å². The Balaban J connectivity index is 1.71. The number of rotatable bonds is 12. The maximum absolute atomic E-state index is 13.4. The van der Waals surface area contributed by atoms with Crippen molar-refractivity contribution in [3.63, 3.8) is 0 Å². The molecule has 8 heteroatoms. The Morgan fingerprint density at radius 3 is 2.58 bits per heavy atom. The monoisotopic (exact) mass is 470 g/mol. The van der Waals surface area contributed by atoms with E-state index in [1.165, 1.54) is 11.3 Å². The van der Waals surface area contributed by atoms with Gasteiger partial charge in [0.05, 0.1) is 0 Å². The number of thiazole rings is 1. The molecule has 1 saturated carbocycles. The fourth-order valence-corrected chi connectivity index (χ4v) is 4.72. The normalized spacial score (nSPS) is 14.6. The third-order valence-corrected chi connectivity index (χ3v) is 6.66. The number of unbranched alkanes of at least 4 members (excludes halogenated alkanes) is 1. The predicted octanol–water partition coefficient (Wildman–Crippen LogP) is 4.51. The minimum Gasteiger partial charge on any atom is -0.352 e. The number of nitrogens with one attached hydrogen (secondary N) is 2. The van der Waals surface area contributed by atoms with Crippen molar-refractivity contribution in [2.75, 3.05) is 5.32 Å². The first-order valence-electron chi connectivity index (χ1n) is 11.9. The second kappa shape index (κ2) is 13.1. The molecule has 0 saturated heterocycles. The van der Waals surface area contributed by atoms with Crippen LogP contribution < -0.4 is 10.6 Å². The van der Waals surface area contributed by atoms with Crippen molar-refractivity contribution in [2.24, 2.45) is 0 Å². The molecule has 178 valence electrons. The molecule has 3 amide bonds. The fourth-order valence-electron chi connectivity index (χ4n) is 4.18. The van der Waals surface area contributed by atoms with E-state index in [1.54, 1.807) is 16.5 Å². The number of aromatic nitrogens is 1. The summed E-state index contributed by atoms with van der Waals surface area (Å²) >= 11 is 1.34. The quantitative estimate of drug-likeness (QED) is 0.477. The predicted molar refractivity (Wildman–Crippen MR) is 131 cm³/mol. The van der Waals surface area contributed by atoms with Crippen LogP contribution in [-0.4, -0.2) is 39.7 Å². The van der Waals surface area contributed by atoms with Crippen LogP contribution in [0.4, 0.5) is 5.13 Å². The van der Waals surface area contributed by atoms with Crippen LogP contribution in [0.5, 0.6) is 0 Å². The molecule has 1 aromatic carbocycles. The van der Waals surface area contributed by atoms with Gasteiger partial charge in [-0.15, -0.1) is 11.3 Å². The fraction of sp³-hybridized carbons (Fsp3) is 0.520. The summed E-state index contributed by atoms with van der Waals surface area (Å²) in [5, 5.41) is 8.20. The Labute approximate surface area is 200 Å². The summed E-state index contributed by atoms with van der Waals surface area (Å²) in [6, 6.07) is 9.36. The van der Waals surface area contributed by atoms with Gasteiger partial charge in [0.2, 0.25) is 17.7 Å². The summed E-state index contributed by atoms with van der Waals surface area (Å²) in [6.07, 6.45) is 8.37. The van der Waals surface area contributed by atoms with E-state index in [2.05, 4.69) is 22.5 Å².